The van der Waals surface area contributed by atoms with Crippen molar-refractivity contribution in [3.05, 3.63) is 125 Å². The number of nitro groups is 1. The Morgan fingerprint density at radius 1 is 1.24 bits per heavy atom. The number of benzene rings is 2. The summed E-state index contributed by atoms with van der Waals surface area (Å²) < 4.78 is 18.6. The average Bonchev–Trinajstić information content (AvgIpc) is 3.55. The second-order valence-electron chi connectivity index (χ2n) is 9.09. The molecule has 0 aliphatic carbocycles. The van der Waals surface area contributed by atoms with Crippen LogP contribution >= 0.6 is 22.9 Å². The van der Waals surface area contributed by atoms with E-state index in [9.17, 15) is 19.7 Å². The van der Waals surface area contributed by atoms with E-state index in [4.69, 9.17) is 25.5 Å². The van der Waals surface area contributed by atoms with Crippen molar-refractivity contribution >= 4 is 40.7 Å². The monoisotopic (exact) mass is 605 g/mol. The number of fused-ring (bicyclic) bond motifs is 1. The minimum atomic E-state index is -0.785. The quantitative estimate of drug-likeness (QED) is 0.111. The van der Waals surface area contributed by atoms with Gasteiger partial charge in [-0.2, -0.15) is 0 Å². The van der Waals surface area contributed by atoms with Gasteiger partial charge in [-0.1, -0.05) is 47.7 Å². The fraction of sp³-hybridized carbons (Fsp3) is 0.167. The molecule has 0 N–H and O–H groups in total. The van der Waals surface area contributed by atoms with Crippen molar-refractivity contribution in [2.45, 2.75) is 19.9 Å². The average molecular weight is 606 g/mol. The topological polar surface area (TPSA) is 126 Å². The predicted molar refractivity (Wildman–Crippen MR) is 158 cm³/mol. The van der Waals surface area contributed by atoms with Gasteiger partial charge < -0.3 is 13.9 Å². The van der Waals surface area contributed by atoms with Crippen molar-refractivity contribution in [3.63, 3.8) is 0 Å². The highest BCUT2D eigenvalue weighted by molar-refractivity contribution is 7.07. The first kappa shape index (κ1) is 28.8. The lowest BCUT2D eigenvalue weighted by atomic mass is 9.96. The molecular weight excluding hydrogens is 582 g/mol. The maximum Gasteiger partial charge on any atom is 0.338 e. The van der Waals surface area contributed by atoms with E-state index < -0.39 is 16.9 Å². The van der Waals surface area contributed by atoms with Gasteiger partial charge in [0.15, 0.2) is 4.80 Å². The highest BCUT2D eigenvalue weighted by Gasteiger charge is 2.33. The summed E-state index contributed by atoms with van der Waals surface area (Å²) in [5.74, 6) is 0.690. The number of nitrogens with zero attached hydrogens (tertiary/aromatic N) is 3. The van der Waals surface area contributed by atoms with Crippen LogP contribution in [0.5, 0.6) is 5.75 Å². The Balaban J connectivity index is 1.60. The molecule has 42 heavy (non-hydrogen) atoms. The van der Waals surface area contributed by atoms with Crippen LogP contribution in [-0.2, 0) is 9.53 Å². The minimum Gasteiger partial charge on any atom is -0.490 e. The molecule has 4 aromatic rings. The maximum atomic E-state index is 13.8. The Morgan fingerprint density at radius 3 is 2.69 bits per heavy atom. The Hall–Kier alpha value is -4.74. The summed E-state index contributed by atoms with van der Waals surface area (Å²) in [5, 5.41) is 11.5. The van der Waals surface area contributed by atoms with Crippen LogP contribution in [0, 0.1) is 10.1 Å². The van der Waals surface area contributed by atoms with Gasteiger partial charge in [-0.3, -0.25) is 19.5 Å². The summed E-state index contributed by atoms with van der Waals surface area (Å²) >= 11 is 7.42. The van der Waals surface area contributed by atoms with Crippen molar-refractivity contribution in [2.75, 3.05) is 13.2 Å². The smallest absolute Gasteiger partial charge is 0.338 e. The molecule has 1 atom stereocenters. The number of carbonyl (C=O) groups is 1. The molecule has 0 bridgehead atoms. The lowest BCUT2D eigenvalue weighted by Gasteiger charge is -2.24. The van der Waals surface area contributed by atoms with Crippen LogP contribution in [0.15, 0.2) is 92.7 Å². The highest BCUT2D eigenvalue weighted by Crippen LogP contribution is 2.33. The van der Waals surface area contributed by atoms with E-state index in [2.05, 4.69) is 11.6 Å². The van der Waals surface area contributed by atoms with Gasteiger partial charge in [0.25, 0.3) is 11.2 Å². The number of furan rings is 1. The molecule has 0 saturated carbocycles. The summed E-state index contributed by atoms with van der Waals surface area (Å²) in [6, 6.07) is 13.6. The second-order valence-corrected chi connectivity index (χ2v) is 10.5. The number of nitro benzene ring substituents is 1. The zero-order valence-corrected chi connectivity index (χ0v) is 24.1. The number of esters is 1. The molecule has 0 spiro atoms. The van der Waals surface area contributed by atoms with Gasteiger partial charge in [0, 0.05) is 23.8 Å². The molecule has 2 aromatic carbocycles. The SMILES string of the molecule is C=CCOc1ccc([C@@H]2C(C(=O)OCC)=C(C)N=c3s/c(=C\c4ccc(-c5cc([N+](=O)[O-])ccc5Cl)o4)c(=O)n32)cc1. The first-order valence-corrected chi connectivity index (χ1v) is 14.0. The number of allylic oxidation sites excluding steroid dienone is 1. The van der Waals surface area contributed by atoms with Crippen molar-refractivity contribution < 1.29 is 23.6 Å². The molecule has 2 aromatic heterocycles. The number of thiazole rings is 1. The number of hydrogen-bond acceptors (Lipinski definition) is 9. The molecule has 5 rings (SSSR count). The molecule has 10 nitrogen and oxygen atoms in total. The minimum absolute atomic E-state index is 0.131. The summed E-state index contributed by atoms with van der Waals surface area (Å²) in [7, 11) is 0. The number of non-ortho nitro benzene ring substituents is 1. The van der Waals surface area contributed by atoms with E-state index in [0.29, 0.717) is 50.0 Å². The Bertz CT molecular complexity index is 1920. The van der Waals surface area contributed by atoms with Gasteiger partial charge in [0.05, 0.1) is 38.4 Å². The van der Waals surface area contributed by atoms with Crippen LogP contribution < -0.4 is 19.6 Å². The second kappa shape index (κ2) is 12.0. The van der Waals surface area contributed by atoms with Gasteiger partial charge in [-0.05, 0) is 49.7 Å². The van der Waals surface area contributed by atoms with E-state index in [1.807, 2.05) is 0 Å². The first-order chi connectivity index (χ1) is 20.2. The van der Waals surface area contributed by atoms with Crippen LogP contribution in [0.4, 0.5) is 5.69 Å². The normalized spacial score (nSPS) is 14.7. The van der Waals surface area contributed by atoms with Crippen LogP contribution in [-0.4, -0.2) is 28.7 Å². The third-order valence-electron chi connectivity index (χ3n) is 6.41. The standard InChI is InChI=1S/C30H24ClN3O7S/c1-4-14-40-20-9-6-18(7-10-20)27-26(29(36)39-5-2)17(3)32-30-33(27)28(35)25(42-30)16-21-11-13-24(41-21)22-15-19(34(37)38)8-12-23(22)31/h4,6-13,15-16,27H,1,5,14H2,2-3H3/b25-16-/t27-/m1/s1. The van der Waals surface area contributed by atoms with E-state index in [0.717, 1.165) is 11.3 Å². The summed E-state index contributed by atoms with van der Waals surface area (Å²) in [4.78, 5) is 42.6. The predicted octanol–water partition coefficient (Wildman–Crippen LogP) is 5.18. The van der Waals surface area contributed by atoms with Crippen molar-refractivity contribution in [1.82, 2.24) is 4.57 Å². The fourth-order valence-electron chi connectivity index (χ4n) is 4.53. The van der Waals surface area contributed by atoms with Gasteiger partial charge in [-0.25, -0.2) is 9.79 Å². The Labute approximate surface area is 248 Å². The van der Waals surface area contributed by atoms with Crippen molar-refractivity contribution in [2.24, 2.45) is 4.99 Å². The zero-order chi connectivity index (χ0) is 30.0. The maximum absolute atomic E-state index is 13.8. The third-order valence-corrected chi connectivity index (χ3v) is 7.72. The van der Waals surface area contributed by atoms with Crippen LogP contribution in [0.1, 0.15) is 31.2 Å². The molecule has 214 valence electrons. The number of hydrogen-bond donors (Lipinski definition) is 0. The summed E-state index contributed by atoms with van der Waals surface area (Å²) in [6.07, 6.45) is 3.20. The third kappa shape index (κ3) is 5.56. The molecule has 1 aliphatic rings. The molecular formula is C30H24ClN3O7S. The number of rotatable bonds is 9. The van der Waals surface area contributed by atoms with Gasteiger partial charge in [0.1, 0.15) is 23.9 Å². The first-order valence-electron chi connectivity index (χ1n) is 12.8. The lowest BCUT2D eigenvalue weighted by molar-refractivity contribution is -0.384. The Morgan fingerprint density at radius 2 is 2.00 bits per heavy atom. The fourth-order valence-corrected chi connectivity index (χ4v) is 5.77. The largest absolute Gasteiger partial charge is 0.490 e. The van der Waals surface area contributed by atoms with E-state index in [1.54, 1.807) is 62.4 Å². The number of halogens is 1. The molecule has 0 radical (unpaired) electrons. The molecule has 0 fully saturated rings. The molecule has 0 unspecified atom stereocenters. The van der Waals surface area contributed by atoms with Crippen molar-refractivity contribution in [1.29, 1.82) is 0 Å². The van der Waals surface area contributed by atoms with Gasteiger partial charge in [0.2, 0.25) is 0 Å². The van der Waals surface area contributed by atoms with Crippen LogP contribution in [0.25, 0.3) is 17.4 Å². The molecule has 0 amide bonds. The van der Waals surface area contributed by atoms with E-state index >= 15 is 0 Å². The highest BCUT2D eigenvalue weighted by atomic mass is 35.5. The molecule has 12 heteroatoms. The number of carbonyl (C=O) groups excluding carboxylic acids is 1. The van der Waals surface area contributed by atoms with E-state index in [-0.39, 0.29) is 28.4 Å². The van der Waals surface area contributed by atoms with Crippen LogP contribution in [0.2, 0.25) is 5.02 Å². The summed E-state index contributed by atoms with van der Waals surface area (Å²) in [6.45, 7) is 7.57. The molecule has 1 aliphatic heterocycles. The number of ether oxygens (including phenoxy) is 2. The van der Waals surface area contributed by atoms with Crippen molar-refractivity contribution in [3.8, 4) is 17.1 Å². The van der Waals surface area contributed by atoms with Gasteiger partial charge in [-0.15, -0.1) is 0 Å². The number of aromatic nitrogens is 1. The Kier molecular flexibility index (Phi) is 8.23. The molecule has 0 saturated heterocycles. The van der Waals surface area contributed by atoms with Crippen LogP contribution in [0.3, 0.4) is 0 Å². The van der Waals surface area contributed by atoms with Gasteiger partial charge >= 0.3 is 5.97 Å². The van der Waals surface area contributed by atoms with E-state index in [1.165, 1.54) is 22.8 Å². The zero-order valence-electron chi connectivity index (χ0n) is 22.5. The molecule has 3 heterocycles. The summed E-state index contributed by atoms with van der Waals surface area (Å²) in [5.41, 5.74) is 1.22. The lowest BCUT2D eigenvalue weighted by Crippen LogP contribution is -2.39.